The van der Waals surface area contributed by atoms with Gasteiger partial charge in [0.2, 0.25) is 0 Å². The second-order valence-electron chi connectivity index (χ2n) is 8.32. The molecular weight excluding hydrogens is 418 g/mol. The summed E-state index contributed by atoms with van der Waals surface area (Å²) in [4.78, 5) is 15.9. The van der Waals surface area contributed by atoms with E-state index in [9.17, 15) is 4.79 Å². The first kappa shape index (κ1) is 23.8. The Morgan fingerprint density at radius 1 is 0.970 bits per heavy atom. The van der Waals surface area contributed by atoms with Crippen LogP contribution in [0.4, 0.5) is 0 Å². The average molecular weight is 448 g/mol. The first-order chi connectivity index (χ1) is 15.9. The minimum atomic E-state index is -0.311. The zero-order valence-electron chi connectivity index (χ0n) is 19.4. The van der Waals surface area contributed by atoms with Crippen LogP contribution in [0.5, 0.6) is 17.2 Å². The van der Waals surface area contributed by atoms with Crippen LogP contribution in [0.25, 0.3) is 0 Å². The molecule has 172 valence electrons. The van der Waals surface area contributed by atoms with Crippen molar-refractivity contribution in [3.05, 3.63) is 83.7 Å². The number of methoxy groups -OCH3 is 1. The molecule has 1 heterocycles. The second-order valence-corrected chi connectivity index (χ2v) is 8.32. The third kappa shape index (κ3) is 7.07. The molecule has 1 amide bonds. The predicted molar refractivity (Wildman–Crippen MR) is 128 cm³/mol. The lowest BCUT2D eigenvalue weighted by Gasteiger charge is -2.19. The summed E-state index contributed by atoms with van der Waals surface area (Å²) in [6, 6.07) is 16.7. The van der Waals surface area contributed by atoms with Crippen molar-refractivity contribution in [3.8, 4) is 17.2 Å². The van der Waals surface area contributed by atoms with Crippen molar-refractivity contribution in [1.82, 2.24) is 10.4 Å². The monoisotopic (exact) mass is 447 g/mol. The van der Waals surface area contributed by atoms with E-state index in [1.165, 1.54) is 11.8 Å². The van der Waals surface area contributed by atoms with Crippen LogP contribution in [0, 0.1) is 0 Å². The van der Waals surface area contributed by atoms with Gasteiger partial charge in [-0.25, -0.2) is 5.43 Å². The van der Waals surface area contributed by atoms with E-state index in [1.807, 2.05) is 18.2 Å². The molecule has 0 aliphatic carbocycles. The predicted octanol–water partition coefficient (Wildman–Crippen LogP) is 4.61. The molecule has 0 aliphatic heterocycles. The fourth-order valence-corrected chi connectivity index (χ4v) is 2.98. The Kier molecular flexibility index (Phi) is 8.02. The number of nitrogens with zero attached hydrogens (tertiary/aromatic N) is 2. The van der Waals surface area contributed by atoms with Crippen molar-refractivity contribution < 1.29 is 19.0 Å². The summed E-state index contributed by atoms with van der Waals surface area (Å²) < 4.78 is 17.0. The molecule has 0 aliphatic rings. The van der Waals surface area contributed by atoms with Gasteiger partial charge in [-0.05, 0) is 59.0 Å². The molecule has 33 heavy (non-hydrogen) atoms. The summed E-state index contributed by atoms with van der Waals surface area (Å²) in [6.45, 7) is 7.31. The molecule has 0 radical (unpaired) electrons. The van der Waals surface area contributed by atoms with Crippen LogP contribution in [-0.4, -0.2) is 37.4 Å². The highest BCUT2D eigenvalue weighted by molar-refractivity contribution is 5.94. The number of ether oxygens (including phenoxy) is 3. The van der Waals surface area contributed by atoms with E-state index in [1.54, 1.807) is 43.8 Å². The molecular formula is C26H29N3O4. The van der Waals surface area contributed by atoms with Crippen LogP contribution in [-0.2, 0) is 5.41 Å². The van der Waals surface area contributed by atoms with E-state index < -0.39 is 0 Å². The van der Waals surface area contributed by atoms with Gasteiger partial charge in [-0.1, -0.05) is 32.9 Å². The fraction of sp³-hybridized carbons (Fsp3) is 0.269. The highest BCUT2D eigenvalue weighted by atomic mass is 16.5. The number of amides is 1. The van der Waals surface area contributed by atoms with E-state index in [4.69, 9.17) is 14.2 Å². The topological polar surface area (TPSA) is 82.0 Å². The molecule has 3 rings (SSSR count). The van der Waals surface area contributed by atoms with Gasteiger partial charge in [0.1, 0.15) is 19.0 Å². The van der Waals surface area contributed by atoms with Gasteiger partial charge in [0.05, 0.1) is 13.3 Å². The first-order valence-electron chi connectivity index (χ1n) is 10.6. The number of hydrogen-bond donors (Lipinski definition) is 1. The van der Waals surface area contributed by atoms with Crippen molar-refractivity contribution in [3.63, 3.8) is 0 Å². The number of aromatic nitrogens is 1. The number of rotatable bonds is 9. The summed E-state index contributed by atoms with van der Waals surface area (Å²) >= 11 is 0. The van der Waals surface area contributed by atoms with Crippen LogP contribution in [0.1, 0.15) is 42.3 Å². The fourth-order valence-electron chi connectivity index (χ4n) is 2.98. The maximum absolute atomic E-state index is 12.0. The molecule has 0 fully saturated rings. The summed E-state index contributed by atoms with van der Waals surface area (Å²) in [5.74, 6) is 1.66. The summed E-state index contributed by atoms with van der Waals surface area (Å²) in [5.41, 5.74) is 5.09. The normalized spacial score (nSPS) is 11.3. The second kappa shape index (κ2) is 11.1. The van der Waals surface area contributed by atoms with E-state index in [0.717, 1.165) is 11.3 Å². The third-order valence-electron chi connectivity index (χ3n) is 4.84. The zero-order chi connectivity index (χ0) is 23.7. The summed E-state index contributed by atoms with van der Waals surface area (Å²) in [6.07, 6.45) is 4.64. The Morgan fingerprint density at radius 2 is 1.67 bits per heavy atom. The lowest BCUT2D eigenvalue weighted by Crippen LogP contribution is -2.17. The Labute approximate surface area is 194 Å². The van der Waals surface area contributed by atoms with Crippen LogP contribution >= 0.6 is 0 Å². The van der Waals surface area contributed by atoms with Crippen molar-refractivity contribution in [2.24, 2.45) is 5.10 Å². The number of hydrazone groups is 1. The van der Waals surface area contributed by atoms with Crippen molar-refractivity contribution in [2.75, 3.05) is 20.3 Å². The van der Waals surface area contributed by atoms with Crippen molar-refractivity contribution in [1.29, 1.82) is 0 Å². The average Bonchev–Trinajstić information content (AvgIpc) is 2.82. The molecule has 1 aromatic heterocycles. The number of carbonyl (C=O) groups is 1. The maximum Gasteiger partial charge on any atom is 0.271 e. The Morgan fingerprint density at radius 3 is 2.33 bits per heavy atom. The van der Waals surface area contributed by atoms with E-state index in [-0.39, 0.29) is 11.3 Å². The zero-order valence-corrected chi connectivity index (χ0v) is 19.4. The molecule has 0 saturated carbocycles. The minimum Gasteiger partial charge on any atom is -0.493 e. The first-order valence-corrected chi connectivity index (χ1v) is 10.6. The van der Waals surface area contributed by atoms with E-state index in [0.29, 0.717) is 30.3 Å². The number of carbonyl (C=O) groups excluding carboxylic acids is 1. The third-order valence-corrected chi connectivity index (χ3v) is 4.84. The Hall–Kier alpha value is -3.87. The molecule has 7 nitrogen and oxygen atoms in total. The lowest BCUT2D eigenvalue weighted by molar-refractivity contribution is 0.0955. The van der Waals surface area contributed by atoms with Crippen molar-refractivity contribution in [2.45, 2.75) is 26.2 Å². The smallest absolute Gasteiger partial charge is 0.271 e. The molecule has 0 bridgehead atoms. The summed E-state index contributed by atoms with van der Waals surface area (Å²) in [7, 11) is 1.57. The minimum absolute atomic E-state index is 0.111. The van der Waals surface area contributed by atoms with E-state index >= 15 is 0 Å². The van der Waals surface area contributed by atoms with Gasteiger partial charge in [-0.15, -0.1) is 0 Å². The molecule has 0 unspecified atom stereocenters. The Bertz CT molecular complexity index is 1070. The number of benzene rings is 2. The van der Waals surface area contributed by atoms with Gasteiger partial charge in [-0.3, -0.25) is 9.78 Å². The summed E-state index contributed by atoms with van der Waals surface area (Å²) in [5, 5.41) is 3.99. The van der Waals surface area contributed by atoms with Gasteiger partial charge in [0, 0.05) is 18.0 Å². The van der Waals surface area contributed by atoms with Crippen LogP contribution in [0.15, 0.2) is 72.1 Å². The van der Waals surface area contributed by atoms with Gasteiger partial charge < -0.3 is 14.2 Å². The SMILES string of the molecule is COc1cc(/C=N\NC(=O)c2ccncc2)ccc1OCCOc1ccc(C(C)(C)C)cc1. The molecule has 1 N–H and O–H groups in total. The standard InChI is InChI=1S/C26H29N3O4/c1-26(2,3)21-6-8-22(9-7-21)32-15-16-33-23-10-5-19(17-24(23)31-4)18-28-29-25(30)20-11-13-27-14-12-20/h5-14,17-18H,15-16H2,1-4H3,(H,29,30)/b28-18-. The molecule has 0 atom stereocenters. The van der Waals surface area contributed by atoms with Crippen LogP contribution in [0.2, 0.25) is 0 Å². The molecule has 0 spiro atoms. The highest BCUT2D eigenvalue weighted by Gasteiger charge is 2.13. The van der Waals surface area contributed by atoms with Gasteiger partial charge in [0.25, 0.3) is 5.91 Å². The van der Waals surface area contributed by atoms with Crippen molar-refractivity contribution >= 4 is 12.1 Å². The van der Waals surface area contributed by atoms with Gasteiger partial charge in [0.15, 0.2) is 11.5 Å². The van der Waals surface area contributed by atoms with E-state index in [2.05, 4.69) is 48.4 Å². The quantitative estimate of drug-likeness (QED) is 0.294. The molecule has 3 aromatic rings. The van der Waals surface area contributed by atoms with Gasteiger partial charge in [-0.2, -0.15) is 5.10 Å². The highest BCUT2D eigenvalue weighted by Crippen LogP contribution is 2.28. The molecule has 7 heteroatoms. The van der Waals surface area contributed by atoms with Gasteiger partial charge >= 0.3 is 0 Å². The molecule has 0 saturated heterocycles. The number of nitrogens with one attached hydrogen (secondary N) is 1. The number of hydrogen-bond acceptors (Lipinski definition) is 6. The molecule has 2 aromatic carbocycles. The van der Waals surface area contributed by atoms with Crippen LogP contribution < -0.4 is 19.6 Å². The largest absolute Gasteiger partial charge is 0.493 e. The Balaban J connectivity index is 1.49. The lowest BCUT2D eigenvalue weighted by atomic mass is 9.87. The number of pyridine rings is 1. The van der Waals surface area contributed by atoms with Crippen LogP contribution in [0.3, 0.4) is 0 Å². The maximum atomic E-state index is 12.0.